The van der Waals surface area contributed by atoms with Crippen LogP contribution in [-0.4, -0.2) is 6.26 Å². The van der Waals surface area contributed by atoms with Gasteiger partial charge in [-0.05, 0) is 55.1 Å². The minimum absolute atomic E-state index is 0.686. The number of thioether (sulfide) groups is 1. The largest absolute Gasteiger partial charge is 0.128 e. The van der Waals surface area contributed by atoms with Crippen LogP contribution in [0.5, 0.6) is 0 Å². The summed E-state index contributed by atoms with van der Waals surface area (Å²) in [5.41, 5.74) is 1.41. The molecule has 1 radical (unpaired) electrons. The summed E-state index contributed by atoms with van der Waals surface area (Å²) in [6.45, 7) is 4.06. The van der Waals surface area contributed by atoms with Crippen molar-refractivity contribution in [3.8, 4) is 0 Å². The molecule has 1 aliphatic rings. The Morgan fingerprint density at radius 3 is 2.88 bits per heavy atom. The van der Waals surface area contributed by atoms with Crippen LogP contribution in [-0.2, 0) is 0 Å². The Labute approximate surface area is 108 Å². The fraction of sp³-hybridized carbons (Fsp3) is 0.500. The maximum absolute atomic E-state index is 6.26. The van der Waals surface area contributed by atoms with Gasteiger partial charge in [0.05, 0.1) is 5.02 Å². The first kappa shape index (κ1) is 12.3. The van der Waals surface area contributed by atoms with Crippen LogP contribution in [0.1, 0.15) is 37.2 Å². The molecule has 2 rings (SSSR count). The fourth-order valence-electron chi connectivity index (χ4n) is 2.73. The second-order valence-corrected chi connectivity index (χ2v) is 5.74. The van der Waals surface area contributed by atoms with E-state index in [2.05, 4.69) is 31.4 Å². The van der Waals surface area contributed by atoms with Crippen molar-refractivity contribution in [3.05, 3.63) is 35.7 Å². The van der Waals surface area contributed by atoms with Crippen LogP contribution in [0, 0.1) is 12.8 Å². The average molecular weight is 254 g/mol. The standard InChI is InChI=1S/C14H18ClS/c1-3-10-5-4-6-12(10)11-7-8-14(16-2)13(15)9-11/h7-10,12H,1,3-6H2,2H3. The van der Waals surface area contributed by atoms with Crippen molar-refractivity contribution in [3.63, 3.8) is 0 Å². The molecular formula is C14H18ClS. The second kappa shape index (κ2) is 5.46. The molecule has 2 heteroatoms. The molecule has 2 atom stereocenters. The molecule has 0 aromatic heterocycles. The monoisotopic (exact) mass is 253 g/mol. The lowest BCUT2D eigenvalue weighted by Crippen LogP contribution is -2.05. The van der Waals surface area contributed by atoms with Crippen LogP contribution in [0.25, 0.3) is 0 Å². The van der Waals surface area contributed by atoms with Gasteiger partial charge in [0, 0.05) is 4.90 Å². The summed E-state index contributed by atoms with van der Waals surface area (Å²) in [5, 5.41) is 0.903. The highest BCUT2D eigenvalue weighted by Crippen LogP contribution is 2.42. The van der Waals surface area contributed by atoms with E-state index in [0.29, 0.717) is 5.92 Å². The summed E-state index contributed by atoms with van der Waals surface area (Å²) in [5.74, 6) is 1.45. The predicted molar refractivity (Wildman–Crippen MR) is 73.3 cm³/mol. The van der Waals surface area contributed by atoms with Crippen molar-refractivity contribution in [1.82, 2.24) is 0 Å². The highest BCUT2D eigenvalue weighted by molar-refractivity contribution is 7.98. The molecule has 0 nitrogen and oxygen atoms in total. The van der Waals surface area contributed by atoms with Crippen LogP contribution >= 0.6 is 23.4 Å². The molecule has 2 unspecified atom stereocenters. The third kappa shape index (κ3) is 2.41. The zero-order chi connectivity index (χ0) is 11.5. The number of benzene rings is 1. The first-order valence-electron chi connectivity index (χ1n) is 5.89. The molecule has 0 heterocycles. The van der Waals surface area contributed by atoms with Gasteiger partial charge in [0.15, 0.2) is 0 Å². The lowest BCUT2D eigenvalue weighted by Gasteiger charge is -2.19. The fourth-order valence-corrected chi connectivity index (χ4v) is 3.61. The van der Waals surface area contributed by atoms with Gasteiger partial charge in [-0.15, -0.1) is 11.8 Å². The normalized spacial score (nSPS) is 24.9. The molecular weight excluding hydrogens is 236 g/mol. The van der Waals surface area contributed by atoms with Gasteiger partial charge < -0.3 is 0 Å². The SMILES string of the molecule is [CH2]CC1CCCC1c1ccc(SC)c(Cl)c1. The van der Waals surface area contributed by atoms with Crippen molar-refractivity contribution in [1.29, 1.82) is 0 Å². The third-order valence-corrected chi connectivity index (χ3v) is 4.85. The maximum atomic E-state index is 6.26. The van der Waals surface area contributed by atoms with E-state index in [1.807, 2.05) is 0 Å². The zero-order valence-corrected chi connectivity index (χ0v) is 11.3. The molecule has 1 aromatic rings. The summed E-state index contributed by atoms with van der Waals surface area (Å²) in [4.78, 5) is 1.18. The Balaban J connectivity index is 2.23. The van der Waals surface area contributed by atoms with E-state index in [1.54, 1.807) is 11.8 Å². The quantitative estimate of drug-likeness (QED) is 0.670. The smallest absolute Gasteiger partial charge is 0.0544 e. The van der Waals surface area contributed by atoms with Crippen LogP contribution in [0.2, 0.25) is 5.02 Å². The van der Waals surface area contributed by atoms with Crippen LogP contribution in [0.3, 0.4) is 0 Å². The van der Waals surface area contributed by atoms with E-state index in [4.69, 9.17) is 11.6 Å². The number of rotatable bonds is 3. The van der Waals surface area contributed by atoms with E-state index < -0.39 is 0 Å². The van der Waals surface area contributed by atoms with Gasteiger partial charge in [-0.25, -0.2) is 0 Å². The molecule has 0 N–H and O–H groups in total. The van der Waals surface area contributed by atoms with Crippen LogP contribution in [0.4, 0.5) is 0 Å². The van der Waals surface area contributed by atoms with Gasteiger partial charge in [-0.3, -0.25) is 0 Å². The van der Waals surface area contributed by atoms with E-state index in [1.165, 1.54) is 29.7 Å². The zero-order valence-electron chi connectivity index (χ0n) is 9.71. The Bertz CT molecular complexity index is 362. The highest BCUT2D eigenvalue weighted by Gasteiger charge is 2.27. The molecule has 0 spiro atoms. The van der Waals surface area contributed by atoms with Gasteiger partial charge in [0.2, 0.25) is 0 Å². The Kier molecular flexibility index (Phi) is 4.21. The summed E-state index contributed by atoms with van der Waals surface area (Å²) in [6, 6.07) is 6.56. The molecule has 0 bridgehead atoms. The Morgan fingerprint density at radius 2 is 2.25 bits per heavy atom. The maximum Gasteiger partial charge on any atom is 0.0544 e. The molecule has 1 aromatic carbocycles. The molecule has 87 valence electrons. The molecule has 1 aliphatic carbocycles. The minimum atomic E-state index is 0.686. The number of halogens is 1. The first-order chi connectivity index (χ1) is 7.76. The number of hydrogen-bond acceptors (Lipinski definition) is 1. The molecule has 16 heavy (non-hydrogen) atoms. The van der Waals surface area contributed by atoms with E-state index in [9.17, 15) is 0 Å². The van der Waals surface area contributed by atoms with Crippen molar-refractivity contribution in [2.75, 3.05) is 6.26 Å². The predicted octanol–water partition coefficient (Wildman–Crippen LogP) is 5.17. The topological polar surface area (TPSA) is 0 Å². The van der Waals surface area contributed by atoms with Crippen molar-refractivity contribution in [2.45, 2.75) is 36.5 Å². The Hall–Kier alpha value is -0.140. The van der Waals surface area contributed by atoms with E-state index >= 15 is 0 Å². The molecule has 1 fully saturated rings. The van der Waals surface area contributed by atoms with Crippen LogP contribution in [0.15, 0.2) is 23.1 Å². The highest BCUT2D eigenvalue weighted by atomic mass is 35.5. The Morgan fingerprint density at radius 1 is 1.44 bits per heavy atom. The average Bonchev–Trinajstić information content (AvgIpc) is 2.77. The molecule has 1 saturated carbocycles. The van der Waals surface area contributed by atoms with Crippen molar-refractivity contribution in [2.24, 2.45) is 5.92 Å². The summed E-state index contributed by atoms with van der Waals surface area (Å²) >= 11 is 7.97. The van der Waals surface area contributed by atoms with Crippen LogP contribution < -0.4 is 0 Å². The van der Waals surface area contributed by atoms with Crippen molar-refractivity contribution >= 4 is 23.4 Å². The van der Waals surface area contributed by atoms with Crippen molar-refractivity contribution < 1.29 is 0 Å². The van der Waals surface area contributed by atoms with Gasteiger partial charge in [0.25, 0.3) is 0 Å². The molecule has 0 amide bonds. The second-order valence-electron chi connectivity index (χ2n) is 4.48. The third-order valence-electron chi connectivity index (χ3n) is 3.63. The lowest BCUT2D eigenvalue weighted by molar-refractivity contribution is 0.489. The van der Waals surface area contributed by atoms with Gasteiger partial charge >= 0.3 is 0 Å². The van der Waals surface area contributed by atoms with Gasteiger partial charge in [-0.1, -0.05) is 31.0 Å². The van der Waals surface area contributed by atoms with Gasteiger partial charge in [0.1, 0.15) is 0 Å². The van der Waals surface area contributed by atoms with E-state index in [-0.39, 0.29) is 0 Å². The minimum Gasteiger partial charge on any atom is -0.128 e. The first-order valence-corrected chi connectivity index (χ1v) is 7.49. The van der Waals surface area contributed by atoms with Gasteiger partial charge in [-0.2, -0.15) is 0 Å². The number of hydrogen-bond donors (Lipinski definition) is 0. The van der Waals surface area contributed by atoms with E-state index in [0.717, 1.165) is 17.4 Å². The molecule has 0 aliphatic heterocycles. The lowest BCUT2D eigenvalue weighted by atomic mass is 9.87. The summed E-state index contributed by atoms with van der Waals surface area (Å²) in [6.07, 6.45) is 7.08. The molecule has 0 saturated heterocycles. The summed E-state index contributed by atoms with van der Waals surface area (Å²) < 4.78 is 0. The summed E-state index contributed by atoms with van der Waals surface area (Å²) in [7, 11) is 0.